The minimum absolute atomic E-state index is 0.217. The van der Waals surface area contributed by atoms with Crippen LogP contribution in [0.2, 0.25) is 10.0 Å². The molecule has 0 aliphatic heterocycles. The largest absolute Gasteiger partial charge is 0.481 e. The molecule has 0 unspecified atom stereocenters. The Kier molecular flexibility index (Phi) is 3.52. The number of carboxylic acid groups (broad SMARTS) is 1. The summed E-state index contributed by atoms with van der Waals surface area (Å²) in [4.78, 5) is 10.2. The first kappa shape index (κ1) is 12.2. The average molecular weight is 255 g/mol. The lowest BCUT2D eigenvalue weighted by molar-refractivity contribution is -0.145. The summed E-state index contributed by atoms with van der Waals surface area (Å²) in [7, 11) is 0. The minimum atomic E-state index is -3.49. The molecule has 1 aromatic rings. The van der Waals surface area contributed by atoms with Crippen LogP contribution in [0.15, 0.2) is 18.2 Å². The second kappa shape index (κ2) is 4.33. The molecule has 0 aliphatic carbocycles. The first-order chi connectivity index (χ1) is 6.83. The molecule has 0 heterocycles. The number of benzene rings is 1. The van der Waals surface area contributed by atoms with Crippen LogP contribution < -0.4 is 0 Å². The second-order valence-electron chi connectivity index (χ2n) is 2.90. The van der Waals surface area contributed by atoms with Crippen molar-refractivity contribution >= 4 is 29.2 Å². The van der Waals surface area contributed by atoms with Crippen LogP contribution in [0, 0.1) is 0 Å². The smallest absolute Gasteiger partial charge is 0.309 e. The summed E-state index contributed by atoms with van der Waals surface area (Å²) in [5.74, 6) is -5.08. The van der Waals surface area contributed by atoms with Gasteiger partial charge in [0.25, 0.3) is 5.92 Å². The van der Waals surface area contributed by atoms with E-state index in [0.717, 1.165) is 12.1 Å². The Morgan fingerprint density at radius 3 is 2.47 bits per heavy atom. The van der Waals surface area contributed by atoms with Gasteiger partial charge >= 0.3 is 5.97 Å². The molecule has 0 fully saturated rings. The lowest BCUT2D eigenvalue weighted by Gasteiger charge is -2.15. The first-order valence-corrected chi connectivity index (χ1v) is 4.63. The van der Waals surface area contributed by atoms with Crippen LogP contribution in [-0.2, 0) is 10.7 Å². The molecule has 1 rings (SSSR count). The normalized spacial score (nSPS) is 11.5. The van der Waals surface area contributed by atoms with E-state index in [4.69, 9.17) is 28.3 Å². The molecule has 0 radical (unpaired) electrons. The Morgan fingerprint density at radius 2 is 2.00 bits per heavy atom. The van der Waals surface area contributed by atoms with Crippen molar-refractivity contribution in [3.8, 4) is 0 Å². The van der Waals surface area contributed by atoms with E-state index in [2.05, 4.69) is 0 Å². The van der Waals surface area contributed by atoms with Gasteiger partial charge in [0.15, 0.2) is 0 Å². The summed E-state index contributed by atoms with van der Waals surface area (Å²) in [5.41, 5.74) is -0.532. The van der Waals surface area contributed by atoms with Crippen molar-refractivity contribution in [1.82, 2.24) is 0 Å². The fourth-order valence-corrected chi connectivity index (χ4v) is 1.62. The topological polar surface area (TPSA) is 37.3 Å². The highest BCUT2D eigenvalue weighted by molar-refractivity contribution is 6.35. The summed E-state index contributed by atoms with van der Waals surface area (Å²) < 4.78 is 26.6. The zero-order chi connectivity index (χ0) is 11.6. The molecular formula is C9H6Cl2F2O2. The van der Waals surface area contributed by atoms with Gasteiger partial charge in [-0.05, 0) is 12.1 Å². The van der Waals surface area contributed by atoms with Crippen molar-refractivity contribution in [3.05, 3.63) is 33.8 Å². The number of hydrogen-bond acceptors (Lipinski definition) is 1. The average Bonchev–Trinajstić information content (AvgIpc) is 1.99. The fraction of sp³-hybridized carbons (Fsp3) is 0.222. The van der Waals surface area contributed by atoms with Crippen molar-refractivity contribution < 1.29 is 18.7 Å². The third-order valence-corrected chi connectivity index (χ3v) is 2.25. The molecule has 0 aliphatic rings. The maximum absolute atomic E-state index is 13.3. The summed E-state index contributed by atoms with van der Waals surface area (Å²) in [6.45, 7) is 0. The molecule has 6 heteroatoms. The summed E-state index contributed by atoms with van der Waals surface area (Å²) >= 11 is 11.1. The third-order valence-electron chi connectivity index (χ3n) is 1.70. The van der Waals surface area contributed by atoms with Crippen molar-refractivity contribution in [3.63, 3.8) is 0 Å². The van der Waals surface area contributed by atoms with Crippen molar-refractivity contribution in [2.75, 3.05) is 0 Å². The van der Waals surface area contributed by atoms with E-state index in [1.54, 1.807) is 0 Å². The highest BCUT2D eigenvalue weighted by Gasteiger charge is 2.36. The van der Waals surface area contributed by atoms with Gasteiger partial charge in [0.2, 0.25) is 0 Å². The van der Waals surface area contributed by atoms with Gasteiger partial charge in [0.05, 0.1) is 5.02 Å². The van der Waals surface area contributed by atoms with Crippen LogP contribution in [0.1, 0.15) is 12.0 Å². The Bertz CT molecular complexity index is 394. The van der Waals surface area contributed by atoms with E-state index < -0.39 is 23.9 Å². The van der Waals surface area contributed by atoms with Gasteiger partial charge in [-0.2, -0.15) is 0 Å². The summed E-state index contributed by atoms with van der Waals surface area (Å²) in [5, 5.41) is 8.28. The van der Waals surface area contributed by atoms with Crippen LogP contribution in [-0.4, -0.2) is 11.1 Å². The monoisotopic (exact) mass is 254 g/mol. The number of carbonyl (C=O) groups is 1. The molecule has 82 valence electrons. The zero-order valence-electron chi connectivity index (χ0n) is 7.31. The highest BCUT2D eigenvalue weighted by Crippen LogP contribution is 2.37. The van der Waals surface area contributed by atoms with Crippen LogP contribution in [0.3, 0.4) is 0 Å². The number of alkyl halides is 2. The lowest BCUT2D eigenvalue weighted by Crippen LogP contribution is -2.18. The lowest BCUT2D eigenvalue weighted by atomic mass is 10.1. The van der Waals surface area contributed by atoms with Crippen LogP contribution in [0.4, 0.5) is 8.78 Å². The molecule has 1 N–H and O–H groups in total. The van der Waals surface area contributed by atoms with Gasteiger partial charge < -0.3 is 5.11 Å². The molecule has 0 atom stereocenters. The zero-order valence-corrected chi connectivity index (χ0v) is 8.82. The van der Waals surface area contributed by atoms with Gasteiger partial charge in [-0.3, -0.25) is 4.79 Å². The summed E-state index contributed by atoms with van der Waals surface area (Å²) in [6.07, 6.45) is -1.30. The Hall–Kier alpha value is -0.870. The van der Waals surface area contributed by atoms with E-state index in [9.17, 15) is 13.6 Å². The van der Waals surface area contributed by atoms with Crippen LogP contribution >= 0.6 is 23.2 Å². The highest BCUT2D eigenvalue weighted by atomic mass is 35.5. The molecule has 0 amide bonds. The van der Waals surface area contributed by atoms with E-state index >= 15 is 0 Å². The molecule has 15 heavy (non-hydrogen) atoms. The van der Waals surface area contributed by atoms with Gasteiger partial charge in [-0.25, -0.2) is 8.78 Å². The van der Waals surface area contributed by atoms with Gasteiger partial charge in [-0.15, -0.1) is 0 Å². The first-order valence-electron chi connectivity index (χ1n) is 3.88. The van der Waals surface area contributed by atoms with E-state index in [0.29, 0.717) is 0 Å². The molecular weight excluding hydrogens is 249 g/mol. The van der Waals surface area contributed by atoms with Gasteiger partial charge in [-0.1, -0.05) is 29.3 Å². The van der Waals surface area contributed by atoms with Gasteiger partial charge in [0.1, 0.15) is 6.42 Å². The number of aliphatic carboxylic acids is 1. The Labute approximate surface area is 94.4 Å². The van der Waals surface area contributed by atoms with Crippen LogP contribution in [0.5, 0.6) is 0 Å². The minimum Gasteiger partial charge on any atom is -0.481 e. The third kappa shape index (κ3) is 3.04. The molecule has 2 nitrogen and oxygen atoms in total. The maximum atomic E-state index is 13.3. The van der Waals surface area contributed by atoms with Crippen molar-refractivity contribution in [2.24, 2.45) is 0 Å². The Morgan fingerprint density at radius 1 is 1.40 bits per heavy atom. The predicted octanol–water partition coefficient (Wildman–Crippen LogP) is 3.56. The molecule has 0 saturated carbocycles. The fourth-order valence-electron chi connectivity index (χ4n) is 1.07. The van der Waals surface area contributed by atoms with E-state index in [-0.39, 0.29) is 10.0 Å². The molecule has 1 aromatic carbocycles. The maximum Gasteiger partial charge on any atom is 0.309 e. The molecule has 0 aromatic heterocycles. The van der Waals surface area contributed by atoms with Gasteiger partial charge in [0, 0.05) is 10.6 Å². The van der Waals surface area contributed by atoms with E-state index in [1.165, 1.54) is 6.07 Å². The number of rotatable bonds is 3. The number of carboxylic acids is 1. The molecule has 0 spiro atoms. The number of halogens is 4. The van der Waals surface area contributed by atoms with Crippen molar-refractivity contribution in [2.45, 2.75) is 12.3 Å². The quantitative estimate of drug-likeness (QED) is 0.896. The second-order valence-corrected chi connectivity index (χ2v) is 3.74. The van der Waals surface area contributed by atoms with E-state index in [1.807, 2.05) is 0 Å². The Balaban J connectivity index is 3.09. The number of hydrogen-bond donors (Lipinski definition) is 1. The molecule has 0 bridgehead atoms. The predicted molar refractivity (Wildman–Crippen MR) is 52.6 cm³/mol. The van der Waals surface area contributed by atoms with Crippen LogP contribution in [0.25, 0.3) is 0 Å². The standard InChI is InChI=1S/C9H6Cl2F2O2/c10-5-1-2-6(7(11)3-5)9(12,13)4-8(14)15/h1-3H,4H2,(H,14,15). The SMILES string of the molecule is O=C(O)CC(F)(F)c1ccc(Cl)cc1Cl. The molecule has 0 saturated heterocycles. The van der Waals surface area contributed by atoms with Crippen molar-refractivity contribution in [1.29, 1.82) is 0 Å². The summed E-state index contributed by atoms with van der Waals surface area (Å²) in [6, 6.07) is 3.40.